The highest BCUT2D eigenvalue weighted by Crippen LogP contribution is 2.35. The molecular weight excluding hydrogens is 451 g/mol. The van der Waals surface area contributed by atoms with Gasteiger partial charge in [-0.05, 0) is 12.1 Å². The molecule has 0 atom stereocenters. The molecule has 2 aromatic heterocycles. The van der Waals surface area contributed by atoms with Crippen molar-refractivity contribution >= 4 is 23.4 Å². The molecule has 3 fully saturated rings. The van der Waals surface area contributed by atoms with Gasteiger partial charge in [-0.25, -0.2) is 4.98 Å². The zero-order valence-corrected chi connectivity index (χ0v) is 18.9. The summed E-state index contributed by atoms with van der Waals surface area (Å²) in [6.07, 6.45) is -3.03. The number of ether oxygens (including phenoxy) is 2. The standard InChI is InChI=1S/C22H28F3N7O2/c23-22(24,25)17-2-1-3-26-20(17)31-6-4-29(5-7-31)18-16-19(30-8-12-33-13-9-30)28-21(27-18)32-10-14-34-15-11-32/h1-3,16H,4-15H2. The highest BCUT2D eigenvalue weighted by Gasteiger charge is 2.36. The van der Waals surface area contributed by atoms with Crippen molar-refractivity contribution in [2.24, 2.45) is 0 Å². The molecule has 3 aliphatic rings. The van der Waals surface area contributed by atoms with Gasteiger partial charge in [0.25, 0.3) is 0 Å². The summed E-state index contributed by atoms with van der Waals surface area (Å²) in [6.45, 7) is 7.43. The van der Waals surface area contributed by atoms with E-state index in [0.717, 1.165) is 43.9 Å². The van der Waals surface area contributed by atoms with Crippen molar-refractivity contribution in [1.29, 1.82) is 0 Å². The number of anilines is 4. The van der Waals surface area contributed by atoms with Gasteiger partial charge >= 0.3 is 6.18 Å². The first-order chi connectivity index (χ1) is 16.5. The van der Waals surface area contributed by atoms with E-state index in [0.29, 0.717) is 58.6 Å². The molecule has 0 amide bonds. The van der Waals surface area contributed by atoms with Crippen molar-refractivity contribution in [1.82, 2.24) is 15.0 Å². The fourth-order valence-corrected chi connectivity index (χ4v) is 4.45. The van der Waals surface area contributed by atoms with E-state index in [-0.39, 0.29) is 5.82 Å². The quantitative estimate of drug-likeness (QED) is 0.654. The number of pyridine rings is 1. The van der Waals surface area contributed by atoms with E-state index in [9.17, 15) is 13.2 Å². The van der Waals surface area contributed by atoms with Crippen LogP contribution in [0, 0.1) is 0 Å². The van der Waals surface area contributed by atoms with Gasteiger partial charge < -0.3 is 29.1 Å². The Labute approximate surface area is 196 Å². The van der Waals surface area contributed by atoms with Gasteiger partial charge in [0.2, 0.25) is 5.95 Å². The number of halogens is 3. The van der Waals surface area contributed by atoms with E-state index in [1.54, 1.807) is 4.90 Å². The third-order valence-electron chi connectivity index (χ3n) is 6.31. The van der Waals surface area contributed by atoms with Gasteiger partial charge in [-0.15, -0.1) is 0 Å². The fourth-order valence-electron chi connectivity index (χ4n) is 4.45. The maximum atomic E-state index is 13.5. The Balaban J connectivity index is 1.37. The molecule has 0 spiro atoms. The number of piperazine rings is 1. The van der Waals surface area contributed by atoms with Crippen LogP contribution in [0.1, 0.15) is 5.56 Å². The van der Waals surface area contributed by atoms with E-state index in [2.05, 4.69) is 19.7 Å². The molecule has 184 valence electrons. The van der Waals surface area contributed by atoms with Gasteiger partial charge in [-0.3, -0.25) is 0 Å². The molecule has 12 heteroatoms. The predicted molar refractivity (Wildman–Crippen MR) is 122 cm³/mol. The Morgan fingerprint density at radius 3 is 1.82 bits per heavy atom. The molecule has 5 rings (SSSR count). The van der Waals surface area contributed by atoms with E-state index in [1.807, 2.05) is 6.07 Å². The predicted octanol–water partition coefficient (Wildman–Crippen LogP) is 1.89. The summed E-state index contributed by atoms with van der Waals surface area (Å²) < 4.78 is 51.4. The lowest BCUT2D eigenvalue weighted by atomic mass is 10.2. The van der Waals surface area contributed by atoms with Gasteiger partial charge in [0.15, 0.2) is 0 Å². The minimum absolute atomic E-state index is 0.0136. The summed E-state index contributed by atoms with van der Waals surface area (Å²) in [5.74, 6) is 2.28. The summed E-state index contributed by atoms with van der Waals surface area (Å²) in [5.41, 5.74) is -0.699. The first-order valence-corrected chi connectivity index (χ1v) is 11.6. The molecule has 3 saturated heterocycles. The highest BCUT2D eigenvalue weighted by atomic mass is 19.4. The van der Waals surface area contributed by atoms with Crippen molar-refractivity contribution in [3.05, 3.63) is 30.0 Å². The van der Waals surface area contributed by atoms with Gasteiger partial charge in [-0.2, -0.15) is 23.1 Å². The van der Waals surface area contributed by atoms with Crippen LogP contribution < -0.4 is 19.6 Å². The van der Waals surface area contributed by atoms with Crippen LogP contribution in [-0.4, -0.2) is 93.7 Å². The Hall–Kier alpha value is -2.86. The van der Waals surface area contributed by atoms with Gasteiger partial charge in [0, 0.05) is 64.6 Å². The van der Waals surface area contributed by atoms with Crippen LogP contribution in [-0.2, 0) is 15.7 Å². The summed E-state index contributed by atoms with van der Waals surface area (Å²) in [5, 5.41) is 0. The Bertz CT molecular complexity index is 937. The second kappa shape index (κ2) is 9.79. The second-order valence-electron chi connectivity index (χ2n) is 8.43. The molecule has 0 aliphatic carbocycles. The third kappa shape index (κ3) is 4.97. The zero-order valence-electron chi connectivity index (χ0n) is 18.9. The number of hydrogen-bond donors (Lipinski definition) is 0. The smallest absolute Gasteiger partial charge is 0.378 e. The lowest BCUT2D eigenvalue weighted by Crippen LogP contribution is -2.48. The number of hydrogen-bond acceptors (Lipinski definition) is 9. The fraction of sp³-hybridized carbons (Fsp3) is 0.591. The van der Waals surface area contributed by atoms with Crippen molar-refractivity contribution in [3.8, 4) is 0 Å². The lowest BCUT2D eigenvalue weighted by Gasteiger charge is -2.38. The lowest BCUT2D eigenvalue weighted by molar-refractivity contribution is -0.137. The summed E-state index contributed by atoms with van der Waals surface area (Å²) >= 11 is 0. The largest absolute Gasteiger partial charge is 0.419 e. The van der Waals surface area contributed by atoms with Gasteiger partial charge in [0.05, 0.1) is 32.0 Å². The molecule has 0 N–H and O–H groups in total. The zero-order chi connectivity index (χ0) is 23.5. The van der Waals surface area contributed by atoms with Crippen LogP contribution in [0.3, 0.4) is 0 Å². The number of aromatic nitrogens is 3. The molecular formula is C22H28F3N7O2. The van der Waals surface area contributed by atoms with E-state index in [1.165, 1.54) is 12.3 Å². The first-order valence-electron chi connectivity index (χ1n) is 11.6. The Kier molecular flexibility index (Phi) is 6.59. The number of nitrogens with zero attached hydrogens (tertiary/aromatic N) is 7. The van der Waals surface area contributed by atoms with Gasteiger partial charge in [0.1, 0.15) is 17.5 Å². The Morgan fingerprint density at radius 2 is 1.24 bits per heavy atom. The minimum atomic E-state index is -4.44. The van der Waals surface area contributed by atoms with Gasteiger partial charge in [-0.1, -0.05) is 0 Å². The maximum Gasteiger partial charge on any atom is 0.419 e. The molecule has 0 bridgehead atoms. The van der Waals surface area contributed by atoms with E-state index >= 15 is 0 Å². The van der Waals surface area contributed by atoms with Crippen LogP contribution >= 0.6 is 0 Å². The van der Waals surface area contributed by atoms with Crippen molar-refractivity contribution in [2.75, 3.05) is 98.4 Å². The molecule has 34 heavy (non-hydrogen) atoms. The highest BCUT2D eigenvalue weighted by molar-refractivity contribution is 5.57. The normalized spacial score (nSPS) is 20.1. The average Bonchev–Trinajstić information content (AvgIpc) is 2.89. The maximum absolute atomic E-state index is 13.5. The summed E-state index contributed by atoms with van der Waals surface area (Å²) in [7, 11) is 0. The van der Waals surface area contributed by atoms with Crippen LogP contribution in [0.2, 0.25) is 0 Å². The Morgan fingerprint density at radius 1 is 0.706 bits per heavy atom. The number of rotatable bonds is 4. The average molecular weight is 480 g/mol. The van der Waals surface area contributed by atoms with Crippen LogP contribution in [0.4, 0.5) is 36.6 Å². The summed E-state index contributed by atoms with van der Waals surface area (Å²) in [6, 6.07) is 4.39. The molecule has 2 aromatic rings. The van der Waals surface area contributed by atoms with E-state index in [4.69, 9.17) is 19.4 Å². The van der Waals surface area contributed by atoms with Crippen LogP contribution in [0.25, 0.3) is 0 Å². The van der Waals surface area contributed by atoms with Crippen molar-refractivity contribution in [2.45, 2.75) is 6.18 Å². The monoisotopic (exact) mass is 479 g/mol. The molecule has 9 nitrogen and oxygen atoms in total. The SMILES string of the molecule is FC(F)(F)c1cccnc1N1CCN(c2cc(N3CCOCC3)nc(N3CCOCC3)n2)CC1. The third-order valence-corrected chi connectivity index (χ3v) is 6.31. The van der Waals surface area contributed by atoms with Crippen LogP contribution in [0.15, 0.2) is 24.4 Å². The van der Waals surface area contributed by atoms with E-state index < -0.39 is 11.7 Å². The minimum Gasteiger partial charge on any atom is -0.378 e. The molecule has 0 aromatic carbocycles. The van der Waals surface area contributed by atoms with Crippen LogP contribution in [0.5, 0.6) is 0 Å². The van der Waals surface area contributed by atoms with Crippen molar-refractivity contribution in [3.63, 3.8) is 0 Å². The topological polar surface area (TPSA) is 70.1 Å². The molecule has 0 radical (unpaired) electrons. The molecule has 5 heterocycles. The molecule has 0 unspecified atom stereocenters. The first kappa shape index (κ1) is 22.9. The second-order valence-corrected chi connectivity index (χ2v) is 8.43. The molecule has 3 aliphatic heterocycles. The number of morpholine rings is 2. The summed E-state index contributed by atoms with van der Waals surface area (Å²) in [4.78, 5) is 21.8. The molecule has 0 saturated carbocycles. The number of alkyl halides is 3. The van der Waals surface area contributed by atoms with Crippen molar-refractivity contribution < 1.29 is 22.6 Å².